The van der Waals surface area contributed by atoms with Gasteiger partial charge in [-0.1, -0.05) is 0 Å². The first-order valence-electron chi connectivity index (χ1n) is 7.63. The quantitative estimate of drug-likeness (QED) is 0.602. The van der Waals surface area contributed by atoms with Gasteiger partial charge in [-0.25, -0.2) is 4.84 Å². The molecule has 24 heavy (non-hydrogen) atoms. The number of pyridine rings is 1. The number of carbonyl (C=O) groups excluding carboxylic acids is 1. The van der Waals surface area contributed by atoms with E-state index < -0.39 is 24.1 Å². The van der Waals surface area contributed by atoms with Crippen molar-refractivity contribution >= 4 is 5.97 Å². The topological polar surface area (TPSA) is 111 Å². The van der Waals surface area contributed by atoms with Crippen LogP contribution in [0.4, 0.5) is 0 Å². The minimum atomic E-state index is -0.647. The minimum absolute atomic E-state index is 0.257. The van der Waals surface area contributed by atoms with Crippen LogP contribution in [-0.4, -0.2) is 46.1 Å². The Morgan fingerprint density at radius 3 is 2.79 bits per heavy atom. The molecule has 0 radical (unpaired) electrons. The largest absolute Gasteiger partial charge is 0.424 e. The zero-order valence-electron chi connectivity index (χ0n) is 13.5. The molecule has 9 nitrogen and oxygen atoms in total. The molecule has 1 aliphatic heterocycles. The number of hydrogen-bond donors (Lipinski definition) is 2. The molecule has 132 valence electrons. The Morgan fingerprint density at radius 2 is 2.08 bits per heavy atom. The van der Waals surface area contributed by atoms with Crippen LogP contribution in [0.5, 0.6) is 5.75 Å². The number of carbonyl (C=O) groups is 1. The van der Waals surface area contributed by atoms with Crippen LogP contribution in [0, 0.1) is 12.8 Å². The van der Waals surface area contributed by atoms with Crippen LogP contribution in [0.1, 0.15) is 29.7 Å². The summed E-state index contributed by atoms with van der Waals surface area (Å²) in [6, 6.07) is 0. The van der Waals surface area contributed by atoms with Crippen LogP contribution in [0.25, 0.3) is 0 Å². The molecular weight excluding hydrogens is 320 g/mol. The molecule has 2 N–H and O–H groups in total. The molecule has 1 fully saturated rings. The van der Waals surface area contributed by atoms with Crippen molar-refractivity contribution in [2.45, 2.75) is 45.2 Å². The average molecular weight is 340 g/mol. The fourth-order valence-electron chi connectivity index (χ4n) is 3.17. The van der Waals surface area contributed by atoms with Gasteiger partial charge in [0.2, 0.25) is 0 Å². The van der Waals surface area contributed by atoms with Crippen molar-refractivity contribution in [3.63, 3.8) is 0 Å². The van der Waals surface area contributed by atoms with Crippen molar-refractivity contribution in [1.29, 1.82) is 0 Å². The molecule has 1 unspecified atom stereocenters. The molecule has 1 saturated carbocycles. The van der Waals surface area contributed by atoms with E-state index in [0.717, 1.165) is 11.1 Å². The molecule has 3 atom stereocenters. The number of hydrogen-bond acceptors (Lipinski definition) is 9. The third kappa shape index (κ3) is 3.41. The molecule has 0 amide bonds. The van der Waals surface area contributed by atoms with E-state index in [2.05, 4.69) is 4.98 Å². The molecule has 2 heterocycles. The molecule has 9 heteroatoms. The van der Waals surface area contributed by atoms with Crippen LogP contribution in [0.2, 0.25) is 0 Å². The lowest BCUT2D eigenvalue weighted by Crippen LogP contribution is -2.31. The number of aromatic nitrogens is 1. The van der Waals surface area contributed by atoms with E-state index in [-0.39, 0.29) is 11.8 Å². The Labute approximate surface area is 138 Å². The maximum absolute atomic E-state index is 12.5. The number of fused-ring (bicyclic) bond motifs is 1. The maximum Gasteiger partial charge on any atom is 0.314 e. The summed E-state index contributed by atoms with van der Waals surface area (Å²) in [6.45, 7) is 2.62. The Balaban J connectivity index is 1.71. The molecule has 3 rings (SSSR count). The van der Waals surface area contributed by atoms with Crippen molar-refractivity contribution < 1.29 is 34.3 Å². The highest BCUT2D eigenvalue weighted by molar-refractivity contribution is 5.76. The second kappa shape index (κ2) is 7.09. The summed E-state index contributed by atoms with van der Waals surface area (Å²) in [4.78, 5) is 21.6. The van der Waals surface area contributed by atoms with E-state index in [1.54, 1.807) is 13.1 Å². The van der Waals surface area contributed by atoms with E-state index in [1.165, 1.54) is 7.11 Å². The van der Waals surface area contributed by atoms with Gasteiger partial charge < -0.3 is 14.2 Å². The van der Waals surface area contributed by atoms with Gasteiger partial charge in [0.1, 0.15) is 6.10 Å². The van der Waals surface area contributed by atoms with E-state index >= 15 is 0 Å². The number of methoxy groups -OCH3 is 1. The van der Waals surface area contributed by atoms with Crippen molar-refractivity contribution in [3.8, 4) is 5.75 Å². The van der Waals surface area contributed by atoms with Gasteiger partial charge in [0.15, 0.2) is 5.75 Å². The fraction of sp³-hybridized carbons (Fsp3) is 0.600. The third-order valence-corrected chi connectivity index (χ3v) is 4.43. The predicted molar refractivity (Wildman–Crippen MR) is 76.9 cm³/mol. The average Bonchev–Trinajstić information content (AvgIpc) is 3.16. The summed E-state index contributed by atoms with van der Waals surface area (Å²) in [5.41, 5.74) is 2.39. The fourth-order valence-corrected chi connectivity index (χ4v) is 3.17. The molecule has 0 bridgehead atoms. The van der Waals surface area contributed by atoms with Crippen LogP contribution in [0.3, 0.4) is 0 Å². The third-order valence-electron chi connectivity index (χ3n) is 4.43. The summed E-state index contributed by atoms with van der Waals surface area (Å²) >= 11 is 0. The summed E-state index contributed by atoms with van der Waals surface area (Å²) in [5, 5.41) is 17.2. The van der Waals surface area contributed by atoms with Crippen molar-refractivity contribution in [2.75, 3.05) is 7.11 Å². The van der Waals surface area contributed by atoms with Gasteiger partial charge in [-0.15, -0.1) is 0 Å². The Kier molecular flexibility index (Phi) is 5.09. The number of rotatable bonds is 5. The highest BCUT2D eigenvalue weighted by atomic mass is 17.1. The van der Waals surface area contributed by atoms with Crippen LogP contribution in [-0.2, 0) is 32.3 Å². The Hall–Kier alpha value is -1.62. The SMILES string of the molecule is CO[C@H]1CC(C(=O)Oc2c(C)ncc3c2COC3)C[C@@H]1ON(O)O. The van der Waals surface area contributed by atoms with Crippen LogP contribution >= 0.6 is 0 Å². The molecule has 1 aromatic rings. The van der Waals surface area contributed by atoms with Crippen molar-refractivity contribution in [1.82, 2.24) is 10.4 Å². The molecular formula is C15H20N2O7. The maximum atomic E-state index is 12.5. The molecule has 0 saturated heterocycles. The first-order valence-corrected chi connectivity index (χ1v) is 7.63. The van der Waals surface area contributed by atoms with E-state index in [9.17, 15) is 4.79 Å². The second-order valence-electron chi connectivity index (χ2n) is 5.93. The van der Waals surface area contributed by atoms with Crippen LogP contribution in [0.15, 0.2) is 6.20 Å². The Bertz CT molecular complexity index is 622. The van der Waals surface area contributed by atoms with Crippen molar-refractivity contribution in [3.05, 3.63) is 23.0 Å². The van der Waals surface area contributed by atoms with Crippen molar-refractivity contribution in [2.24, 2.45) is 5.92 Å². The monoisotopic (exact) mass is 340 g/mol. The van der Waals surface area contributed by atoms with E-state index in [4.69, 9.17) is 29.5 Å². The van der Waals surface area contributed by atoms with Gasteiger partial charge in [-0.3, -0.25) is 20.2 Å². The van der Waals surface area contributed by atoms with Gasteiger partial charge in [-0.05, 0) is 19.8 Å². The minimum Gasteiger partial charge on any atom is -0.424 e. The molecule has 1 aliphatic carbocycles. The van der Waals surface area contributed by atoms with Crippen LogP contribution < -0.4 is 4.74 Å². The second-order valence-corrected chi connectivity index (χ2v) is 5.93. The highest BCUT2D eigenvalue weighted by Crippen LogP contribution is 2.35. The first kappa shape index (κ1) is 17.2. The number of nitrogens with zero attached hydrogens (tertiary/aromatic N) is 2. The predicted octanol–water partition coefficient (Wildman–Crippen LogP) is 1.13. The number of esters is 1. The molecule has 0 spiro atoms. The molecule has 1 aromatic heterocycles. The standard InChI is InChI=1S/C15H20N2O7/c1-8-14(11-7-22-6-10(11)5-16-8)23-15(18)9-3-12(21-2)13(4-9)24-17(19)20/h5,9,12-13,19-20H,3-4,6-7H2,1-2H3/t9?,12-,13-/m0/s1. The summed E-state index contributed by atoms with van der Waals surface area (Å²) in [5.74, 6) is -0.451. The lowest BCUT2D eigenvalue weighted by molar-refractivity contribution is -0.507. The van der Waals surface area contributed by atoms with E-state index in [1.807, 2.05) is 0 Å². The lowest BCUT2D eigenvalue weighted by Gasteiger charge is -2.18. The summed E-state index contributed by atoms with van der Waals surface area (Å²) < 4.78 is 16.2. The highest BCUT2D eigenvalue weighted by Gasteiger charge is 2.41. The van der Waals surface area contributed by atoms with Gasteiger partial charge in [0, 0.05) is 24.4 Å². The number of ether oxygens (including phenoxy) is 3. The summed E-state index contributed by atoms with van der Waals surface area (Å²) in [7, 11) is 1.48. The van der Waals surface area contributed by atoms with E-state index in [0.29, 0.717) is 31.1 Å². The normalized spacial score (nSPS) is 26.0. The first-order chi connectivity index (χ1) is 11.5. The lowest BCUT2D eigenvalue weighted by atomic mass is 10.1. The number of aryl methyl sites for hydroxylation is 1. The van der Waals surface area contributed by atoms with Gasteiger partial charge in [-0.2, -0.15) is 0 Å². The van der Waals surface area contributed by atoms with Gasteiger partial charge in [0.05, 0.1) is 36.3 Å². The molecule has 2 aliphatic rings. The Morgan fingerprint density at radius 1 is 1.33 bits per heavy atom. The van der Waals surface area contributed by atoms with Gasteiger partial charge in [0.25, 0.3) is 0 Å². The summed E-state index contributed by atoms with van der Waals surface area (Å²) in [6.07, 6.45) is 1.27. The zero-order chi connectivity index (χ0) is 17.3. The zero-order valence-corrected chi connectivity index (χ0v) is 13.5. The smallest absolute Gasteiger partial charge is 0.314 e. The van der Waals surface area contributed by atoms with Gasteiger partial charge >= 0.3 is 5.97 Å². The molecule has 0 aromatic carbocycles.